The molecule has 0 aliphatic rings. The summed E-state index contributed by atoms with van der Waals surface area (Å²) >= 11 is 0. The van der Waals surface area contributed by atoms with Crippen LogP contribution in [0.15, 0.2) is 30.6 Å². The van der Waals surface area contributed by atoms with Crippen molar-refractivity contribution in [3.05, 3.63) is 41.7 Å². The number of amides is 1. The van der Waals surface area contributed by atoms with Crippen LogP contribution in [0, 0.1) is 11.3 Å². The summed E-state index contributed by atoms with van der Waals surface area (Å²) in [5.74, 6) is -0.886. The first-order valence-corrected chi connectivity index (χ1v) is 7.04. The van der Waals surface area contributed by atoms with Crippen molar-refractivity contribution < 1.29 is 18.0 Å². The van der Waals surface area contributed by atoms with Crippen molar-refractivity contribution in [2.75, 3.05) is 5.32 Å². The molecule has 25 heavy (non-hydrogen) atoms. The maximum Gasteiger partial charge on any atom is 0.406 e. The number of carbonyl (C=O) groups excluding carboxylic acids is 1. The summed E-state index contributed by atoms with van der Waals surface area (Å²) in [6.45, 7) is -1.35. The summed E-state index contributed by atoms with van der Waals surface area (Å²) in [5.41, 5.74) is 0.731. The number of halogens is 3. The largest absolute Gasteiger partial charge is 0.406 e. The zero-order valence-electron chi connectivity index (χ0n) is 12.9. The highest BCUT2D eigenvalue weighted by molar-refractivity contribution is 6.03. The lowest BCUT2D eigenvalue weighted by Gasteiger charge is -2.12. The molecule has 128 valence electrons. The van der Waals surface area contributed by atoms with Crippen LogP contribution in [-0.2, 0) is 13.6 Å². The van der Waals surface area contributed by atoms with Crippen molar-refractivity contribution in [2.45, 2.75) is 12.7 Å². The van der Waals surface area contributed by atoms with Gasteiger partial charge in [0.05, 0.1) is 34.4 Å². The average molecular weight is 348 g/mol. The van der Waals surface area contributed by atoms with Crippen LogP contribution in [0.1, 0.15) is 15.9 Å². The molecule has 0 radical (unpaired) electrons. The number of nitrogens with zero attached hydrogens (tertiary/aromatic N) is 5. The van der Waals surface area contributed by atoms with Crippen LogP contribution in [-0.4, -0.2) is 31.4 Å². The number of hydrogen-bond acceptors (Lipinski definition) is 4. The van der Waals surface area contributed by atoms with Crippen molar-refractivity contribution in [3.8, 4) is 6.07 Å². The van der Waals surface area contributed by atoms with E-state index in [1.54, 1.807) is 7.05 Å². The van der Waals surface area contributed by atoms with E-state index in [-0.39, 0.29) is 28.1 Å². The monoisotopic (exact) mass is 348 g/mol. The van der Waals surface area contributed by atoms with Gasteiger partial charge in [-0.05, 0) is 18.2 Å². The van der Waals surface area contributed by atoms with Crippen molar-refractivity contribution in [1.82, 2.24) is 19.3 Å². The van der Waals surface area contributed by atoms with Gasteiger partial charge in [-0.2, -0.15) is 23.5 Å². The molecular weight excluding hydrogens is 337 g/mol. The van der Waals surface area contributed by atoms with E-state index in [9.17, 15) is 18.0 Å². The smallest absolute Gasteiger partial charge is 0.301 e. The molecule has 0 aliphatic heterocycles. The standard InChI is InChI=1S/C15H11F3N6O/c1-23-7-10(6-20-23)13(25)22-14-21-11-3-2-9(5-19)4-12(11)24(14)8-15(16,17)18/h2-4,6-7H,8H2,1H3,(H,21,22,25). The minimum atomic E-state index is -4.52. The molecule has 0 atom stereocenters. The second-order valence-electron chi connectivity index (χ2n) is 5.31. The highest BCUT2D eigenvalue weighted by Crippen LogP contribution is 2.27. The van der Waals surface area contributed by atoms with Gasteiger partial charge in [-0.3, -0.25) is 14.8 Å². The van der Waals surface area contributed by atoms with E-state index in [2.05, 4.69) is 15.4 Å². The van der Waals surface area contributed by atoms with E-state index in [4.69, 9.17) is 5.26 Å². The molecule has 0 bridgehead atoms. The van der Waals surface area contributed by atoms with Gasteiger partial charge >= 0.3 is 6.18 Å². The number of benzene rings is 1. The first-order valence-electron chi connectivity index (χ1n) is 7.04. The molecule has 3 rings (SSSR count). The first kappa shape index (κ1) is 16.5. The van der Waals surface area contributed by atoms with Crippen molar-refractivity contribution >= 4 is 22.9 Å². The van der Waals surface area contributed by atoms with Gasteiger partial charge in [0.2, 0.25) is 5.95 Å². The van der Waals surface area contributed by atoms with Gasteiger partial charge in [-0.25, -0.2) is 4.98 Å². The number of aromatic nitrogens is 4. The fourth-order valence-electron chi connectivity index (χ4n) is 2.34. The molecule has 1 amide bonds. The molecule has 0 saturated carbocycles. The number of rotatable bonds is 3. The molecule has 10 heteroatoms. The Hall–Kier alpha value is -3.35. The minimum absolute atomic E-state index is 0.109. The van der Waals surface area contributed by atoms with Gasteiger partial charge in [0.1, 0.15) is 6.54 Å². The van der Waals surface area contributed by atoms with Crippen molar-refractivity contribution in [1.29, 1.82) is 5.26 Å². The van der Waals surface area contributed by atoms with Crippen molar-refractivity contribution in [3.63, 3.8) is 0 Å². The van der Waals surface area contributed by atoms with E-state index < -0.39 is 18.6 Å². The number of anilines is 1. The van der Waals surface area contributed by atoms with Gasteiger partial charge in [0.25, 0.3) is 5.91 Å². The van der Waals surface area contributed by atoms with E-state index in [0.29, 0.717) is 0 Å². The SMILES string of the molecule is Cn1cc(C(=O)Nc2nc3ccc(C#N)cc3n2CC(F)(F)F)cn1. The Morgan fingerprint density at radius 2 is 2.16 bits per heavy atom. The number of hydrogen-bond donors (Lipinski definition) is 1. The van der Waals surface area contributed by atoms with Gasteiger partial charge in [-0.1, -0.05) is 0 Å². The average Bonchev–Trinajstić information content (AvgIpc) is 3.10. The van der Waals surface area contributed by atoms with Crippen LogP contribution in [0.4, 0.5) is 19.1 Å². The molecule has 0 saturated heterocycles. The highest BCUT2D eigenvalue weighted by Gasteiger charge is 2.31. The van der Waals surface area contributed by atoms with Crippen LogP contribution in [0.5, 0.6) is 0 Å². The first-order chi connectivity index (χ1) is 11.8. The molecular formula is C15H11F3N6O. The molecule has 3 aromatic rings. The van der Waals surface area contributed by atoms with Crippen molar-refractivity contribution in [2.24, 2.45) is 7.05 Å². The summed E-state index contributed by atoms with van der Waals surface area (Å²) < 4.78 is 41.0. The van der Waals surface area contributed by atoms with Crippen LogP contribution >= 0.6 is 0 Å². The molecule has 0 aliphatic carbocycles. The lowest BCUT2D eigenvalue weighted by atomic mass is 10.2. The number of alkyl halides is 3. The van der Waals surface area contributed by atoms with Crippen LogP contribution in [0.25, 0.3) is 11.0 Å². The quantitative estimate of drug-likeness (QED) is 0.787. The Labute approximate surface area is 139 Å². The maximum absolute atomic E-state index is 12.9. The zero-order valence-corrected chi connectivity index (χ0v) is 12.9. The molecule has 0 fully saturated rings. The Balaban J connectivity index is 2.05. The topological polar surface area (TPSA) is 88.5 Å². The fraction of sp³-hybridized carbons (Fsp3) is 0.200. The third-order valence-corrected chi connectivity index (χ3v) is 3.41. The zero-order chi connectivity index (χ0) is 18.2. The summed E-state index contributed by atoms with van der Waals surface area (Å²) in [4.78, 5) is 16.2. The second kappa shape index (κ2) is 5.94. The summed E-state index contributed by atoms with van der Waals surface area (Å²) in [6.07, 6.45) is -1.80. The van der Waals surface area contributed by atoms with Gasteiger partial charge in [0, 0.05) is 13.2 Å². The number of nitrogens with one attached hydrogen (secondary N) is 1. The third-order valence-electron chi connectivity index (χ3n) is 3.41. The molecule has 0 unspecified atom stereocenters. The molecule has 2 heterocycles. The summed E-state index contributed by atoms with van der Waals surface area (Å²) in [6, 6.07) is 6.04. The van der Waals surface area contributed by atoms with E-state index >= 15 is 0 Å². The molecule has 7 nitrogen and oxygen atoms in total. The van der Waals surface area contributed by atoms with E-state index in [0.717, 1.165) is 4.57 Å². The van der Waals surface area contributed by atoms with Crippen LogP contribution in [0.2, 0.25) is 0 Å². The highest BCUT2D eigenvalue weighted by atomic mass is 19.4. The maximum atomic E-state index is 12.9. The Bertz CT molecular complexity index is 995. The van der Waals surface area contributed by atoms with E-state index in [1.165, 1.54) is 35.3 Å². The minimum Gasteiger partial charge on any atom is -0.301 e. The predicted octanol–water partition coefficient (Wildman–Crippen LogP) is 2.46. The number of fused-ring (bicyclic) bond motifs is 1. The van der Waals surface area contributed by atoms with Crippen LogP contribution in [0.3, 0.4) is 0 Å². The Morgan fingerprint density at radius 3 is 2.76 bits per heavy atom. The Morgan fingerprint density at radius 1 is 1.40 bits per heavy atom. The Kier molecular flexibility index (Phi) is 3.92. The van der Waals surface area contributed by atoms with Gasteiger partial charge < -0.3 is 4.57 Å². The normalized spacial score (nSPS) is 11.5. The predicted molar refractivity (Wildman–Crippen MR) is 81.7 cm³/mol. The second-order valence-corrected chi connectivity index (χ2v) is 5.31. The molecule has 2 aromatic heterocycles. The number of aryl methyl sites for hydroxylation is 1. The summed E-state index contributed by atoms with van der Waals surface area (Å²) in [7, 11) is 1.61. The number of imidazole rings is 1. The van der Waals surface area contributed by atoms with E-state index in [1.807, 2.05) is 6.07 Å². The number of nitriles is 1. The van der Waals surface area contributed by atoms with Gasteiger partial charge in [-0.15, -0.1) is 0 Å². The molecule has 1 N–H and O–H groups in total. The molecule has 0 spiro atoms. The third kappa shape index (κ3) is 3.45. The fourth-order valence-corrected chi connectivity index (χ4v) is 2.34. The van der Waals surface area contributed by atoms with Crippen LogP contribution < -0.4 is 5.32 Å². The summed E-state index contributed by atoms with van der Waals surface area (Å²) in [5, 5.41) is 15.1. The lowest BCUT2D eigenvalue weighted by Crippen LogP contribution is -2.22. The number of carbonyl (C=O) groups is 1. The lowest BCUT2D eigenvalue weighted by molar-refractivity contribution is -0.139. The van der Waals surface area contributed by atoms with Gasteiger partial charge in [0.15, 0.2) is 0 Å². The molecule has 1 aromatic carbocycles.